The molecule has 0 amide bonds. The van der Waals surface area contributed by atoms with Crippen LogP contribution in [0.1, 0.15) is 0 Å². The molecule has 13 heavy (non-hydrogen) atoms. The summed E-state index contributed by atoms with van der Waals surface area (Å²) in [5.41, 5.74) is 0. The van der Waals surface area contributed by atoms with E-state index in [1.54, 1.807) is 0 Å². The van der Waals surface area contributed by atoms with Crippen LogP contribution in [0.4, 0.5) is 0 Å². The first-order chi connectivity index (χ1) is 5.97. The van der Waals surface area contributed by atoms with Crippen molar-refractivity contribution in [2.24, 2.45) is 0 Å². The molecule has 0 aromatic heterocycles. The molecule has 1 fully saturated rings. The molecule has 78 valence electrons. The fourth-order valence-corrected chi connectivity index (χ4v) is 1.72. The fourth-order valence-electron chi connectivity index (χ4n) is 1.23. The van der Waals surface area contributed by atoms with Crippen LogP contribution < -0.4 is 4.72 Å². The van der Waals surface area contributed by atoms with E-state index >= 15 is 0 Å². The Bertz CT molecular complexity index is 252. The van der Waals surface area contributed by atoms with Crippen molar-refractivity contribution in [1.82, 2.24) is 9.62 Å². The zero-order valence-corrected chi connectivity index (χ0v) is 8.80. The fraction of sp³-hybridized carbons (Fsp3) is 1.00. The zero-order valence-electron chi connectivity index (χ0n) is 7.99. The minimum absolute atomic E-state index is 0.0199. The summed E-state index contributed by atoms with van der Waals surface area (Å²) in [4.78, 5) is 2.12. The molecule has 0 saturated carbocycles. The third kappa shape index (κ3) is 4.56. The van der Waals surface area contributed by atoms with Gasteiger partial charge in [0.2, 0.25) is 10.0 Å². The normalized spacial score (nSPS) is 26.2. The minimum Gasteiger partial charge on any atom is -0.374 e. The molecule has 1 aliphatic rings. The number of morpholine rings is 1. The van der Waals surface area contributed by atoms with Gasteiger partial charge in [-0.2, -0.15) is 0 Å². The van der Waals surface area contributed by atoms with Gasteiger partial charge in [-0.05, 0) is 7.05 Å². The first kappa shape index (κ1) is 10.9. The number of hydrogen-bond donors (Lipinski definition) is 1. The van der Waals surface area contributed by atoms with Gasteiger partial charge in [0.15, 0.2) is 0 Å². The predicted octanol–water partition coefficient (Wildman–Crippen LogP) is -1.13. The highest BCUT2D eigenvalue weighted by Gasteiger charge is 2.18. The van der Waals surface area contributed by atoms with Crippen molar-refractivity contribution in [2.75, 3.05) is 39.5 Å². The van der Waals surface area contributed by atoms with Gasteiger partial charge in [0, 0.05) is 19.6 Å². The molecular weight excluding hydrogens is 192 g/mol. The van der Waals surface area contributed by atoms with Gasteiger partial charge in [-0.1, -0.05) is 0 Å². The lowest BCUT2D eigenvalue weighted by atomic mass is 10.3. The maximum atomic E-state index is 10.8. The molecule has 1 atom stereocenters. The van der Waals surface area contributed by atoms with E-state index < -0.39 is 10.0 Å². The third-order valence-corrected chi connectivity index (χ3v) is 2.61. The maximum absolute atomic E-state index is 10.8. The summed E-state index contributed by atoms with van der Waals surface area (Å²) < 4.78 is 29.4. The number of nitrogens with zero attached hydrogens (tertiary/aromatic N) is 1. The molecular formula is C7H16N2O3S. The van der Waals surface area contributed by atoms with E-state index in [2.05, 4.69) is 9.62 Å². The highest BCUT2D eigenvalue weighted by Crippen LogP contribution is 2.01. The van der Waals surface area contributed by atoms with Gasteiger partial charge in [0.05, 0.1) is 19.0 Å². The van der Waals surface area contributed by atoms with Crippen LogP contribution in [0.15, 0.2) is 0 Å². The van der Waals surface area contributed by atoms with Gasteiger partial charge in [-0.25, -0.2) is 13.1 Å². The monoisotopic (exact) mass is 208 g/mol. The van der Waals surface area contributed by atoms with Crippen molar-refractivity contribution in [2.45, 2.75) is 6.10 Å². The van der Waals surface area contributed by atoms with Crippen molar-refractivity contribution in [3.63, 3.8) is 0 Å². The SMILES string of the molecule is CN1CCOC(CNS(C)(=O)=O)C1. The highest BCUT2D eigenvalue weighted by molar-refractivity contribution is 7.88. The van der Waals surface area contributed by atoms with Gasteiger partial charge in [0.25, 0.3) is 0 Å². The predicted molar refractivity (Wildman–Crippen MR) is 50.1 cm³/mol. The first-order valence-corrected chi connectivity index (χ1v) is 6.11. The van der Waals surface area contributed by atoms with Crippen LogP contribution in [0.5, 0.6) is 0 Å². The smallest absolute Gasteiger partial charge is 0.208 e. The van der Waals surface area contributed by atoms with E-state index in [4.69, 9.17) is 4.74 Å². The summed E-state index contributed by atoms with van der Waals surface area (Å²) in [6.07, 6.45) is 1.13. The van der Waals surface area contributed by atoms with Crippen molar-refractivity contribution in [3.8, 4) is 0 Å². The van der Waals surface area contributed by atoms with Crippen LogP contribution in [-0.4, -0.2) is 59.0 Å². The van der Waals surface area contributed by atoms with Crippen LogP contribution in [0.3, 0.4) is 0 Å². The van der Waals surface area contributed by atoms with Crippen LogP contribution in [0.2, 0.25) is 0 Å². The number of ether oxygens (including phenoxy) is 1. The molecule has 0 aromatic carbocycles. The van der Waals surface area contributed by atoms with E-state index in [-0.39, 0.29) is 6.10 Å². The van der Waals surface area contributed by atoms with Crippen LogP contribution >= 0.6 is 0 Å². The summed E-state index contributed by atoms with van der Waals surface area (Å²) in [7, 11) is -1.09. The summed E-state index contributed by atoms with van der Waals surface area (Å²) in [5, 5.41) is 0. The second-order valence-corrected chi connectivity index (χ2v) is 5.21. The Morgan fingerprint density at radius 2 is 2.31 bits per heavy atom. The summed E-state index contributed by atoms with van der Waals surface area (Å²) >= 11 is 0. The van der Waals surface area contributed by atoms with Gasteiger partial charge >= 0.3 is 0 Å². The number of hydrogen-bond acceptors (Lipinski definition) is 4. The topological polar surface area (TPSA) is 58.6 Å². The molecule has 0 radical (unpaired) electrons. The Balaban J connectivity index is 2.29. The molecule has 0 aliphatic carbocycles. The molecule has 1 heterocycles. The van der Waals surface area contributed by atoms with E-state index in [1.165, 1.54) is 0 Å². The van der Waals surface area contributed by atoms with Crippen molar-refractivity contribution in [3.05, 3.63) is 0 Å². The van der Waals surface area contributed by atoms with Gasteiger partial charge in [-0.15, -0.1) is 0 Å². The van der Waals surface area contributed by atoms with E-state index in [9.17, 15) is 8.42 Å². The van der Waals surface area contributed by atoms with Gasteiger partial charge in [0.1, 0.15) is 0 Å². The van der Waals surface area contributed by atoms with Crippen LogP contribution in [0, 0.1) is 0 Å². The van der Waals surface area contributed by atoms with Crippen molar-refractivity contribution in [1.29, 1.82) is 0 Å². The Morgan fingerprint density at radius 3 is 2.85 bits per heavy atom. The van der Waals surface area contributed by atoms with Crippen LogP contribution in [0.25, 0.3) is 0 Å². The standard InChI is InChI=1S/C7H16N2O3S/c1-9-3-4-12-7(6-9)5-8-13(2,10)11/h7-8H,3-6H2,1-2H3. The Labute approximate surface area is 79.1 Å². The molecule has 0 spiro atoms. The van der Waals surface area contributed by atoms with E-state index in [1.807, 2.05) is 7.05 Å². The van der Waals surface area contributed by atoms with E-state index in [0.29, 0.717) is 13.2 Å². The third-order valence-electron chi connectivity index (χ3n) is 1.92. The van der Waals surface area contributed by atoms with Gasteiger partial charge in [-0.3, -0.25) is 0 Å². The molecule has 6 heteroatoms. The lowest BCUT2D eigenvalue weighted by molar-refractivity contribution is -0.0156. The Kier molecular flexibility index (Phi) is 3.66. The van der Waals surface area contributed by atoms with Crippen molar-refractivity contribution >= 4 is 10.0 Å². The second-order valence-electron chi connectivity index (χ2n) is 3.38. The average Bonchev–Trinajstić information content (AvgIpc) is 2.00. The molecule has 5 nitrogen and oxygen atoms in total. The summed E-state index contributed by atoms with van der Waals surface area (Å²) in [5.74, 6) is 0. The quantitative estimate of drug-likeness (QED) is 0.637. The Morgan fingerprint density at radius 1 is 1.62 bits per heavy atom. The van der Waals surface area contributed by atoms with Gasteiger partial charge < -0.3 is 9.64 Å². The number of nitrogens with one attached hydrogen (secondary N) is 1. The molecule has 1 N–H and O–H groups in total. The first-order valence-electron chi connectivity index (χ1n) is 4.22. The number of sulfonamides is 1. The molecule has 1 saturated heterocycles. The minimum atomic E-state index is -3.09. The molecule has 1 unspecified atom stereocenters. The summed E-state index contributed by atoms with van der Waals surface area (Å²) in [6, 6.07) is 0. The lowest BCUT2D eigenvalue weighted by Gasteiger charge is -2.29. The summed E-state index contributed by atoms with van der Waals surface area (Å²) in [6.45, 7) is 2.73. The largest absolute Gasteiger partial charge is 0.374 e. The van der Waals surface area contributed by atoms with E-state index in [0.717, 1.165) is 19.3 Å². The molecule has 1 rings (SSSR count). The number of likely N-dealkylation sites (N-methyl/N-ethyl adjacent to an activating group) is 1. The maximum Gasteiger partial charge on any atom is 0.208 e. The molecule has 0 bridgehead atoms. The highest BCUT2D eigenvalue weighted by atomic mass is 32.2. The van der Waals surface area contributed by atoms with Crippen LogP contribution in [-0.2, 0) is 14.8 Å². The molecule has 1 aliphatic heterocycles. The average molecular weight is 208 g/mol. The molecule has 0 aromatic rings. The second kappa shape index (κ2) is 4.36. The lowest BCUT2D eigenvalue weighted by Crippen LogP contribution is -2.45. The Hall–Kier alpha value is -0.170. The number of rotatable bonds is 3. The van der Waals surface area contributed by atoms with Crippen molar-refractivity contribution < 1.29 is 13.2 Å². The zero-order chi connectivity index (χ0) is 9.90.